The number of benzene rings is 1. The van der Waals surface area contributed by atoms with Crippen LogP contribution in [0.3, 0.4) is 0 Å². The highest BCUT2D eigenvalue weighted by atomic mass is 19.4. The molecule has 1 aromatic carbocycles. The number of hydrogen-bond acceptors (Lipinski definition) is 3. The molecule has 23 heavy (non-hydrogen) atoms. The molecule has 2 aromatic rings. The Hall–Kier alpha value is -2.02. The molecule has 0 aliphatic carbocycles. The van der Waals surface area contributed by atoms with Crippen molar-refractivity contribution in [3.8, 4) is 0 Å². The average molecular weight is 325 g/mol. The van der Waals surface area contributed by atoms with E-state index in [9.17, 15) is 17.6 Å². The Labute approximate surface area is 130 Å². The summed E-state index contributed by atoms with van der Waals surface area (Å²) in [5, 5.41) is 3.17. The lowest BCUT2D eigenvalue weighted by molar-refractivity contribution is -0.138. The summed E-state index contributed by atoms with van der Waals surface area (Å²) in [4.78, 5) is 8.40. The molecule has 1 N–H and O–H groups in total. The topological polar surface area (TPSA) is 37.8 Å². The zero-order valence-corrected chi connectivity index (χ0v) is 12.4. The minimum atomic E-state index is -4.61. The number of aromatic nitrogens is 2. The maximum Gasteiger partial charge on any atom is 0.416 e. The Bertz CT molecular complexity index is 728. The summed E-state index contributed by atoms with van der Waals surface area (Å²) in [6, 6.07) is 2.79. The highest BCUT2D eigenvalue weighted by Gasteiger charge is 2.36. The number of nitrogens with zero attached hydrogens (tertiary/aromatic N) is 2. The van der Waals surface area contributed by atoms with E-state index in [-0.39, 0.29) is 5.56 Å². The van der Waals surface area contributed by atoms with Crippen LogP contribution in [0.5, 0.6) is 0 Å². The van der Waals surface area contributed by atoms with Gasteiger partial charge in [-0.05, 0) is 36.2 Å². The first-order valence-corrected chi connectivity index (χ1v) is 7.28. The van der Waals surface area contributed by atoms with E-state index in [0.717, 1.165) is 23.9 Å². The molecule has 1 unspecified atom stereocenters. The van der Waals surface area contributed by atoms with Crippen molar-refractivity contribution in [1.82, 2.24) is 15.3 Å². The van der Waals surface area contributed by atoms with Crippen molar-refractivity contribution in [3.05, 3.63) is 58.4 Å². The molecule has 0 spiro atoms. The van der Waals surface area contributed by atoms with Gasteiger partial charge in [-0.15, -0.1) is 0 Å². The predicted octanol–water partition coefficient (Wildman–Crippen LogP) is 3.43. The standard InChI is InChI=1S/C16H15F4N3/c1-9(11-3-2-10(17)6-13(11)16(18,19)20)15-12-4-5-21-7-14(12)22-8-23-15/h2-3,6,8-9,21H,4-5,7H2,1H3. The largest absolute Gasteiger partial charge is 0.416 e. The van der Waals surface area contributed by atoms with Gasteiger partial charge in [0.1, 0.15) is 12.1 Å². The first-order valence-electron chi connectivity index (χ1n) is 7.28. The molecule has 2 heterocycles. The van der Waals surface area contributed by atoms with Gasteiger partial charge in [-0.2, -0.15) is 13.2 Å². The van der Waals surface area contributed by atoms with E-state index >= 15 is 0 Å². The van der Waals surface area contributed by atoms with Crippen LogP contribution in [0.4, 0.5) is 17.6 Å². The van der Waals surface area contributed by atoms with Crippen molar-refractivity contribution in [2.45, 2.75) is 32.0 Å². The molecule has 0 saturated heterocycles. The van der Waals surface area contributed by atoms with Gasteiger partial charge in [0.25, 0.3) is 0 Å². The lowest BCUT2D eigenvalue weighted by Crippen LogP contribution is -2.27. The van der Waals surface area contributed by atoms with Crippen LogP contribution in [0.2, 0.25) is 0 Å². The third-order valence-electron chi connectivity index (χ3n) is 4.11. The molecule has 0 radical (unpaired) electrons. The van der Waals surface area contributed by atoms with Gasteiger partial charge in [-0.3, -0.25) is 0 Å². The van der Waals surface area contributed by atoms with Crippen LogP contribution in [-0.4, -0.2) is 16.5 Å². The van der Waals surface area contributed by atoms with E-state index in [2.05, 4.69) is 15.3 Å². The molecule has 7 heteroatoms. The van der Waals surface area contributed by atoms with Crippen LogP contribution in [0.1, 0.15) is 40.9 Å². The minimum Gasteiger partial charge on any atom is -0.311 e. The van der Waals surface area contributed by atoms with Gasteiger partial charge in [0.15, 0.2) is 0 Å². The fraction of sp³-hybridized carbons (Fsp3) is 0.375. The molecule has 0 fully saturated rings. The lowest BCUT2D eigenvalue weighted by atomic mass is 9.88. The molecule has 0 saturated carbocycles. The third-order valence-corrected chi connectivity index (χ3v) is 4.11. The predicted molar refractivity (Wildman–Crippen MR) is 76.4 cm³/mol. The van der Waals surface area contributed by atoms with Crippen LogP contribution in [0.15, 0.2) is 24.5 Å². The van der Waals surface area contributed by atoms with E-state index in [1.807, 2.05) is 0 Å². The summed E-state index contributed by atoms with van der Waals surface area (Å²) in [6.07, 6.45) is -2.58. The molecule has 3 nitrogen and oxygen atoms in total. The SMILES string of the molecule is CC(c1ccc(F)cc1C(F)(F)F)c1ncnc2c1CCNC2. The summed E-state index contributed by atoms with van der Waals surface area (Å²) in [6.45, 7) is 2.97. The molecule has 122 valence electrons. The second-order valence-corrected chi connectivity index (χ2v) is 5.56. The van der Waals surface area contributed by atoms with E-state index in [0.29, 0.717) is 24.7 Å². The van der Waals surface area contributed by atoms with Crippen LogP contribution in [0.25, 0.3) is 0 Å². The summed E-state index contributed by atoms with van der Waals surface area (Å²) < 4.78 is 53.0. The second kappa shape index (κ2) is 5.88. The van der Waals surface area contributed by atoms with Crippen molar-refractivity contribution in [3.63, 3.8) is 0 Å². The van der Waals surface area contributed by atoms with Crippen molar-refractivity contribution in [2.75, 3.05) is 6.54 Å². The summed E-state index contributed by atoms with van der Waals surface area (Å²) >= 11 is 0. The summed E-state index contributed by atoms with van der Waals surface area (Å²) in [5.74, 6) is -1.50. The minimum absolute atomic E-state index is 0.0262. The average Bonchev–Trinajstić information content (AvgIpc) is 2.53. The molecule has 0 amide bonds. The maximum atomic E-state index is 13.3. The van der Waals surface area contributed by atoms with Gasteiger partial charge in [-0.1, -0.05) is 13.0 Å². The van der Waals surface area contributed by atoms with Gasteiger partial charge in [0, 0.05) is 12.5 Å². The lowest BCUT2D eigenvalue weighted by Gasteiger charge is -2.23. The van der Waals surface area contributed by atoms with Crippen LogP contribution >= 0.6 is 0 Å². The summed E-state index contributed by atoms with van der Waals surface area (Å²) in [7, 11) is 0. The number of rotatable bonds is 2. The van der Waals surface area contributed by atoms with Gasteiger partial charge >= 0.3 is 6.18 Å². The zero-order valence-electron chi connectivity index (χ0n) is 12.4. The Morgan fingerprint density at radius 3 is 2.74 bits per heavy atom. The smallest absolute Gasteiger partial charge is 0.311 e. The first kappa shape index (κ1) is 15.9. The monoisotopic (exact) mass is 325 g/mol. The fourth-order valence-electron chi connectivity index (χ4n) is 2.98. The highest BCUT2D eigenvalue weighted by molar-refractivity contribution is 5.41. The highest BCUT2D eigenvalue weighted by Crippen LogP contribution is 2.38. The van der Waals surface area contributed by atoms with Gasteiger partial charge < -0.3 is 5.32 Å². The molecular weight excluding hydrogens is 310 g/mol. The molecule has 0 bridgehead atoms. The van der Waals surface area contributed by atoms with E-state index in [1.165, 1.54) is 12.4 Å². The van der Waals surface area contributed by atoms with E-state index in [1.54, 1.807) is 6.92 Å². The number of alkyl halides is 3. The van der Waals surface area contributed by atoms with Crippen LogP contribution in [0, 0.1) is 5.82 Å². The van der Waals surface area contributed by atoms with Gasteiger partial charge in [0.2, 0.25) is 0 Å². The molecule has 1 aliphatic heterocycles. The number of hydrogen-bond donors (Lipinski definition) is 1. The van der Waals surface area contributed by atoms with Crippen molar-refractivity contribution < 1.29 is 17.6 Å². The number of nitrogens with one attached hydrogen (secondary N) is 1. The Morgan fingerprint density at radius 1 is 1.22 bits per heavy atom. The van der Waals surface area contributed by atoms with Gasteiger partial charge in [0.05, 0.1) is 17.0 Å². The zero-order chi connectivity index (χ0) is 16.6. The molecule has 3 rings (SSSR count). The molecule has 1 aliphatic rings. The Kier molecular flexibility index (Phi) is 4.06. The van der Waals surface area contributed by atoms with Crippen molar-refractivity contribution >= 4 is 0 Å². The van der Waals surface area contributed by atoms with E-state index < -0.39 is 23.5 Å². The Morgan fingerprint density at radius 2 is 2.00 bits per heavy atom. The van der Waals surface area contributed by atoms with Crippen LogP contribution in [-0.2, 0) is 19.1 Å². The van der Waals surface area contributed by atoms with Crippen molar-refractivity contribution in [2.24, 2.45) is 0 Å². The molecule has 1 atom stereocenters. The van der Waals surface area contributed by atoms with Gasteiger partial charge in [-0.25, -0.2) is 14.4 Å². The Balaban J connectivity index is 2.10. The number of fused-ring (bicyclic) bond motifs is 1. The fourth-order valence-corrected chi connectivity index (χ4v) is 2.98. The third kappa shape index (κ3) is 3.06. The van der Waals surface area contributed by atoms with Crippen LogP contribution < -0.4 is 5.32 Å². The maximum absolute atomic E-state index is 13.3. The van der Waals surface area contributed by atoms with E-state index in [4.69, 9.17) is 0 Å². The second-order valence-electron chi connectivity index (χ2n) is 5.56. The summed E-state index contributed by atoms with van der Waals surface area (Å²) in [5.41, 5.74) is 1.35. The molecule has 1 aromatic heterocycles. The molecular formula is C16H15F4N3. The first-order chi connectivity index (χ1) is 10.9. The quantitative estimate of drug-likeness (QED) is 0.860. The van der Waals surface area contributed by atoms with Crippen molar-refractivity contribution in [1.29, 1.82) is 0 Å². The normalized spacial score (nSPS) is 16.0. The number of halogens is 4.